The monoisotopic (exact) mass is 524 g/mol. The van der Waals surface area contributed by atoms with E-state index in [4.69, 9.17) is 9.57 Å². The normalized spacial score (nSPS) is 11.0. The molecule has 0 aliphatic rings. The first-order valence-corrected chi connectivity index (χ1v) is 14.6. The van der Waals surface area contributed by atoms with Crippen LogP contribution in [0.2, 0.25) is 0 Å². The number of carbonyl (C=O) groups excluding carboxylic acids is 2. The fourth-order valence-electron chi connectivity index (χ4n) is 4.34. The summed E-state index contributed by atoms with van der Waals surface area (Å²) in [5.74, 6) is -0.432. The van der Waals surface area contributed by atoms with Crippen LogP contribution in [0, 0.1) is 0 Å². The number of benzene rings is 2. The molecule has 0 bridgehead atoms. The van der Waals surface area contributed by atoms with Gasteiger partial charge in [-0.1, -0.05) is 114 Å². The van der Waals surface area contributed by atoms with Gasteiger partial charge in [0.05, 0.1) is 6.61 Å². The molecule has 0 atom stereocenters. The maximum Gasteiger partial charge on any atom is 0.334 e. The highest BCUT2D eigenvalue weighted by molar-refractivity contribution is 5.94. The molecule has 0 saturated heterocycles. The quantitative estimate of drug-likeness (QED) is 0.106. The molecule has 0 radical (unpaired) electrons. The molecule has 2 aromatic rings. The van der Waals surface area contributed by atoms with Crippen molar-refractivity contribution in [3.05, 3.63) is 71.3 Å². The number of nitrogens with zero attached hydrogens (tertiary/aromatic N) is 1. The highest BCUT2D eigenvalue weighted by Gasteiger charge is 2.12. The molecule has 0 aromatic heterocycles. The Morgan fingerprint density at radius 2 is 1.26 bits per heavy atom. The number of carbonyl (C=O) groups is 2. The third-order valence-corrected chi connectivity index (χ3v) is 6.51. The topological polar surface area (TPSA) is 67.9 Å². The molecule has 0 saturated carbocycles. The standard InChI is InChI=1S/C32H48N2O4/c1-3-5-6-7-8-9-10-11-12-13-17-24-33-32(36)30-22-20-29(21-23-30)26-34(38-27-31(35)37-4-2)25-28-18-15-14-16-19-28/h14-16,18-23H,3-13,17,24-27H2,1-2H3,(H,33,36). The number of rotatable bonds is 21. The molecule has 2 aromatic carbocycles. The van der Waals surface area contributed by atoms with Crippen molar-refractivity contribution in [1.29, 1.82) is 0 Å². The fourth-order valence-corrected chi connectivity index (χ4v) is 4.34. The van der Waals surface area contributed by atoms with Gasteiger partial charge in [0.15, 0.2) is 6.61 Å². The smallest absolute Gasteiger partial charge is 0.334 e. The Kier molecular flexibility index (Phi) is 16.8. The third-order valence-electron chi connectivity index (χ3n) is 6.51. The van der Waals surface area contributed by atoms with Gasteiger partial charge in [-0.3, -0.25) is 9.63 Å². The van der Waals surface area contributed by atoms with E-state index in [1.54, 1.807) is 12.0 Å². The van der Waals surface area contributed by atoms with Crippen LogP contribution in [0.3, 0.4) is 0 Å². The summed E-state index contributed by atoms with van der Waals surface area (Å²) >= 11 is 0. The summed E-state index contributed by atoms with van der Waals surface area (Å²) in [6.07, 6.45) is 14.3. The van der Waals surface area contributed by atoms with Gasteiger partial charge < -0.3 is 10.1 Å². The van der Waals surface area contributed by atoms with Crippen molar-refractivity contribution < 1.29 is 19.2 Å². The summed E-state index contributed by atoms with van der Waals surface area (Å²) in [5, 5.41) is 4.79. The number of hydroxylamine groups is 2. The zero-order chi connectivity index (χ0) is 27.3. The van der Waals surface area contributed by atoms with E-state index in [9.17, 15) is 9.59 Å². The minimum Gasteiger partial charge on any atom is -0.464 e. The lowest BCUT2D eigenvalue weighted by Crippen LogP contribution is -2.27. The lowest BCUT2D eigenvalue weighted by molar-refractivity contribution is -0.193. The molecule has 210 valence electrons. The Morgan fingerprint density at radius 3 is 1.84 bits per heavy atom. The third kappa shape index (κ3) is 14.3. The lowest BCUT2D eigenvalue weighted by atomic mass is 10.1. The summed E-state index contributed by atoms with van der Waals surface area (Å²) < 4.78 is 4.98. The zero-order valence-electron chi connectivity index (χ0n) is 23.6. The first-order chi connectivity index (χ1) is 18.6. The Bertz CT molecular complexity index is 886. The minimum atomic E-state index is -0.393. The van der Waals surface area contributed by atoms with Gasteiger partial charge in [0.2, 0.25) is 0 Å². The van der Waals surface area contributed by atoms with E-state index in [0.717, 1.165) is 24.0 Å². The summed E-state index contributed by atoms with van der Waals surface area (Å²) in [6.45, 7) is 5.94. The van der Waals surface area contributed by atoms with E-state index in [2.05, 4.69) is 12.2 Å². The van der Waals surface area contributed by atoms with Crippen LogP contribution in [0.15, 0.2) is 54.6 Å². The van der Waals surface area contributed by atoms with Crippen LogP contribution in [0.5, 0.6) is 0 Å². The molecule has 0 spiro atoms. The molecular weight excluding hydrogens is 476 g/mol. The molecule has 0 aliphatic heterocycles. The van der Waals surface area contributed by atoms with E-state index in [0.29, 0.717) is 31.8 Å². The van der Waals surface area contributed by atoms with Crippen LogP contribution < -0.4 is 5.32 Å². The number of amides is 1. The SMILES string of the molecule is CCCCCCCCCCCCCNC(=O)c1ccc(CN(Cc2ccccc2)OCC(=O)OCC)cc1. The molecule has 2 rings (SSSR count). The summed E-state index contributed by atoms with van der Waals surface area (Å²) in [7, 11) is 0. The number of hydrogen-bond donors (Lipinski definition) is 1. The molecular formula is C32H48N2O4. The van der Waals surface area contributed by atoms with Crippen LogP contribution in [-0.4, -0.2) is 36.7 Å². The Hall–Kier alpha value is -2.70. The van der Waals surface area contributed by atoms with Crippen LogP contribution in [-0.2, 0) is 27.5 Å². The van der Waals surface area contributed by atoms with Gasteiger partial charge in [0.25, 0.3) is 5.91 Å². The highest BCUT2D eigenvalue weighted by atomic mass is 16.7. The van der Waals surface area contributed by atoms with Gasteiger partial charge in [-0.2, -0.15) is 5.06 Å². The second-order valence-corrected chi connectivity index (χ2v) is 9.85. The zero-order valence-corrected chi connectivity index (χ0v) is 23.6. The van der Waals surface area contributed by atoms with E-state index < -0.39 is 5.97 Å². The molecule has 1 N–H and O–H groups in total. The van der Waals surface area contributed by atoms with Crippen molar-refractivity contribution in [3.63, 3.8) is 0 Å². The van der Waals surface area contributed by atoms with Gasteiger partial charge in [-0.25, -0.2) is 4.79 Å². The van der Waals surface area contributed by atoms with Crippen LogP contribution in [0.4, 0.5) is 0 Å². The van der Waals surface area contributed by atoms with Crippen LogP contribution >= 0.6 is 0 Å². The van der Waals surface area contributed by atoms with Crippen molar-refractivity contribution in [1.82, 2.24) is 10.4 Å². The average Bonchev–Trinajstić information content (AvgIpc) is 2.93. The highest BCUT2D eigenvalue weighted by Crippen LogP contribution is 2.13. The maximum absolute atomic E-state index is 12.5. The number of ether oxygens (including phenoxy) is 1. The molecule has 0 heterocycles. The maximum atomic E-state index is 12.5. The number of hydrogen-bond acceptors (Lipinski definition) is 5. The van der Waals surface area contributed by atoms with Crippen molar-refractivity contribution in [2.75, 3.05) is 19.8 Å². The first kappa shape index (κ1) is 31.5. The van der Waals surface area contributed by atoms with E-state index in [1.165, 1.54) is 57.8 Å². The van der Waals surface area contributed by atoms with Crippen molar-refractivity contribution in [2.24, 2.45) is 0 Å². The van der Waals surface area contributed by atoms with E-state index >= 15 is 0 Å². The van der Waals surface area contributed by atoms with E-state index in [1.807, 2.05) is 54.6 Å². The molecule has 6 nitrogen and oxygen atoms in total. The summed E-state index contributed by atoms with van der Waals surface area (Å²) in [6, 6.07) is 17.5. The molecule has 0 aliphatic carbocycles. The average molecular weight is 525 g/mol. The van der Waals surface area contributed by atoms with Crippen molar-refractivity contribution >= 4 is 11.9 Å². The molecule has 38 heavy (non-hydrogen) atoms. The van der Waals surface area contributed by atoms with E-state index in [-0.39, 0.29) is 12.5 Å². The molecule has 1 amide bonds. The molecule has 0 fully saturated rings. The summed E-state index contributed by atoms with van der Waals surface area (Å²) in [4.78, 5) is 30.1. The number of esters is 1. The van der Waals surface area contributed by atoms with Gasteiger partial charge in [-0.15, -0.1) is 0 Å². The van der Waals surface area contributed by atoms with Gasteiger partial charge in [-0.05, 0) is 36.6 Å². The van der Waals surface area contributed by atoms with Crippen LogP contribution in [0.1, 0.15) is 106 Å². The molecule has 6 heteroatoms. The second-order valence-electron chi connectivity index (χ2n) is 9.85. The minimum absolute atomic E-state index is 0.0386. The predicted octanol–water partition coefficient (Wildman–Crippen LogP) is 7.22. The first-order valence-electron chi connectivity index (χ1n) is 14.6. The fraction of sp³-hybridized carbons (Fsp3) is 0.562. The van der Waals surface area contributed by atoms with Gasteiger partial charge >= 0.3 is 5.97 Å². The number of nitrogens with one attached hydrogen (secondary N) is 1. The Morgan fingerprint density at radius 1 is 0.711 bits per heavy atom. The largest absolute Gasteiger partial charge is 0.464 e. The Balaban J connectivity index is 1.69. The van der Waals surface area contributed by atoms with Crippen LogP contribution in [0.25, 0.3) is 0 Å². The number of unbranched alkanes of at least 4 members (excludes halogenated alkanes) is 10. The van der Waals surface area contributed by atoms with Gasteiger partial charge in [0.1, 0.15) is 0 Å². The van der Waals surface area contributed by atoms with Crippen molar-refractivity contribution in [2.45, 2.75) is 97.6 Å². The van der Waals surface area contributed by atoms with Crippen molar-refractivity contribution in [3.8, 4) is 0 Å². The predicted molar refractivity (Wildman–Crippen MR) is 154 cm³/mol. The lowest BCUT2D eigenvalue weighted by Gasteiger charge is -2.22. The van der Waals surface area contributed by atoms with Gasteiger partial charge in [0, 0.05) is 25.2 Å². The second kappa shape index (κ2) is 20.3. The Labute approximate surface area is 230 Å². The molecule has 0 unspecified atom stereocenters. The summed E-state index contributed by atoms with van der Waals surface area (Å²) in [5.41, 5.74) is 2.72.